The van der Waals surface area contributed by atoms with Crippen LogP contribution in [-0.2, 0) is 4.74 Å². The van der Waals surface area contributed by atoms with E-state index in [0.717, 1.165) is 10.5 Å². The van der Waals surface area contributed by atoms with Gasteiger partial charge in [0.15, 0.2) is 0 Å². The summed E-state index contributed by atoms with van der Waals surface area (Å²) in [6.07, 6.45) is 0. The molecule has 0 saturated carbocycles. The molecule has 0 spiro atoms. The molecule has 2 rings (SSSR count). The molecule has 0 bridgehead atoms. The van der Waals surface area contributed by atoms with Gasteiger partial charge in [-0.15, -0.1) is 0 Å². The number of rotatable bonds is 5. The van der Waals surface area contributed by atoms with E-state index in [-0.39, 0.29) is 17.9 Å². The van der Waals surface area contributed by atoms with Crippen molar-refractivity contribution in [3.05, 3.63) is 63.7 Å². The maximum Gasteiger partial charge on any atom is 0.338 e. The molecule has 6 heteroatoms. The molecule has 0 radical (unpaired) electrons. The van der Waals surface area contributed by atoms with Crippen molar-refractivity contribution in [1.82, 2.24) is 0 Å². The molecule has 0 saturated heterocycles. The normalized spacial score (nSPS) is 10.3. The Bertz CT molecular complexity index is 698. The molecular formula is C16H15NO4S. The Hall–Kier alpha value is -2.34. The second kappa shape index (κ2) is 7.09. The standard InChI is InChI=1S/C16H15NO4S/c1-3-21-16(18)12-6-9-15(14(10-12)17(19)20)22-13-7-4-11(2)5-8-13/h4-10H,3H2,1-2H3. The molecule has 0 amide bonds. The first kappa shape index (κ1) is 16.0. The van der Waals surface area contributed by atoms with Gasteiger partial charge in [0.2, 0.25) is 0 Å². The highest BCUT2D eigenvalue weighted by Gasteiger charge is 2.19. The quantitative estimate of drug-likeness (QED) is 0.469. The summed E-state index contributed by atoms with van der Waals surface area (Å²) < 4.78 is 4.87. The summed E-state index contributed by atoms with van der Waals surface area (Å²) in [5.74, 6) is -0.558. The molecule has 0 aliphatic heterocycles. The minimum Gasteiger partial charge on any atom is -0.462 e. The van der Waals surface area contributed by atoms with E-state index in [2.05, 4.69) is 0 Å². The van der Waals surface area contributed by atoms with E-state index >= 15 is 0 Å². The van der Waals surface area contributed by atoms with Crippen LogP contribution in [0, 0.1) is 17.0 Å². The van der Waals surface area contributed by atoms with Crippen LogP contribution in [-0.4, -0.2) is 17.5 Å². The number of ether oxygens (including phenoxy) is 1. The lowest BCUT2D eigenvalue weighted by Crippen LogP contribution is -2.05. The average molecular weight is 317 g/mol. The maximum atomic E-state index is 11.7. The van der Waals surface area contributed by atoms with Crippen LogP contribution in [0.2, 0.25) is 0 Å². The van der Waals surface area contributed by atoms with Crippen molar-refractivity contribution in [3.63, 3.8) is 0 Å². The van der Waals surface area contributed by atoms with Gasteiger partial charge < -0.3 is 4.74 Å². The Labute approximate surface area is 132 Å². The smallest absolute Gasteiger partial charge is 0.338 e. The zero-order chi connectivity index (χ0) is 16.1. The number of nitrogens with zero attached hydrogens (tertiary/aromatic N) is 1. The first-order valence-electron chi connectivity index (χ1n) is 6.71. The van der Waals surface area contributed by atoms with E-state index in [9.17, 15) is 14.9 Å². The van der Waals surface area contributed by atoms with Crippen molar-refractivity contribution in [1.29, 1.82) is 0 Å². The van der Waals surface area contributed by atoms with Crippen LogP contribution in [0.4, 0.5) is 5.69 Å². The van der Waals surface area contributed by atoms with Crippen molar-refractivity contribution in [2.24, 2.45) is 0 Å². The largest absolute Gasteiger partial charge is 0.462 e. The molecule has 2 aromatic rings. The van der Waals surface area contributed by atoms with Crippen molar-refractivity contribution < 1.29 is 14.5 Å². The van der Waals surface area contributed by atoms with Gasteiger partial charge in [-0.05, 0) is 38.1 Å². The van der Waals surface area contributed by atoms with Crippen LogP contribution >= 0.6 is 11.8 Å². The van der Waals surface area contributed by atoms with Crippen LogP contribution in [0.3, 0.4) is 0 Å². The summed E-state index contributed by atoms with van der Waals surface area (Å²) in [7, 11) is 0. The minimum atomic E-state index is -0.558. The predicted molar refractivity (Wildman–Crippen MR) is 84.4 cm³/mol. The minimum absolute atomic E-state index is 0.101. The number of nitro groups is 1. The average Bonchev–Trinajstić information content (AvgIpc) is 2.50. The van der Waals surface area contributed by atoms with E-state index in [0.29, 0.717) is 4.90 Å². The lowest BCUT2D eigenvalue weighted by Gasteiger charge is -2.06. The van der Waals surface area contributed by atoms with Crippen molar-refractivity contribution in [3.8, 4) is 0 Å². The van der Waals surface area contributed by atoms with Gasteiger partial charge in [0.1, 0.15) is 0 Å². The third-order valence-electron chi connectivity index (χ3n) is 2.92. The van der Waals surface area contributed by atoms with Gasteiger partial charge in [0.05, 0.1) is 22.0 Å². The predicted octanol–water partition coefficient (Wildman–Crippen LogP) is 4.23. The molecule has 0 heterocycles. The molecule has 5 nitrogen and oxygen atoms in total. The van der Waals surface area contributed by atoms with E-state index in [1.807, 2.05) is 31.2 Å². The number of hydrogen-bond donors (Lipinski definition) is 0. The molecule has 22 heavy (non-hydrogen) atoms. The van der Waals surface area contributed by atoms with Crippen LogP contribution < -0.4 is 0 Å². The lowest BCUT2D eigenvalue weighted by molar-refractivity contribution is -0.387. The van der Waals surface area contributed by atoms with Crippen LogP contribution in [0.5, 0.6) is 0 Å². The fourth-order valence-corrected chi connectivity index (χ4v) is 2.72. The molecule has 0 unspecified atom stereocenters. The number of esters is 1. The maximum absolute atomic E-state index is 11.7. The van der Waals surface area contributed by atoms with Crippen molar-refractivity contribution >= 4 is 23.4 Å². The third kappa shape index (κ3) is 3.85. The summed E-state index contributed by atoms with van der Waals surface area (Å²) in [5.41, 5.74) is 1.20. The molecule has 0 N–H and O–H groups in total. The first-order chi connectivity index (χ1) is 10.5. The zero-order valence-corrected chi connectivity index (χ0v) is 13.1. The number of aryl methyl sites for hydroxylation is 1. The Morgan fingerprint density at radius 2 is 1.91 bits per heavy atom. The molecule has 0 aromatic heterocycles. The molecular weight excluding hydrogens is 302 g/mol. The monoisotopic (exact) mass is 317 g/mol. The highest BCUT2D eigenvalue weighted by Crippen LogP contribution is 2.35. The van der Waals surface area contributed by atoms with Crippen LogP contribution in [0.15, 0.2) is 52.3 Å². The van der Waals surface area contributed by atoms with E-state index in [1.165, 1.54) is 17.8 Å². The Kier molecular flexibility index (Phi) is 5.16. The number of hydrogen-bond acceptors (Lipinski definition) is 5. The highest BCUT2D eigenvalue weighted by atomic mass is 32.2. The number of benzene rings is 2. The zero-order valence-electron chi connectivity index (χ0n) is 12.2. The molecule has 114 valence electrons. The van der Waals surface area contributed by atoms with Gasteiger partial charge in [-0.3, -0.25) is 10.1 Å². The van der Waals surface area contributed by atoms with Crippen molar-refractivity contribution in [2.75, 3.05) is 6.61 Å². The van der Waals surface area contributed by atoms with Gasteiger partial charge in [-0.25, -0.2) is 4.79 Å². The number of nitro benzene ring substituents is 1. The summed E-state index contributed by atoms with van der Waals surface area (Å²) >= 11 is 1.29. The fraction of sp³-hybridized carbons (Fsp3) is 0.188. The van der Waals surface area contributed by atoms with Gasteiger partial charge in [-0.2, -0.15) is 0 Å². The Morgan fingerprint density at radius 3 is 2.50 bits per heavy atom. The van der Waals surface area contributed by atoms with E-state index in [1.54, 1.807) is 19.1 Å². The Balaban J connectivity index is 2.33. The van der Waals surface area contributed by atoms with Crippen LogP contribution in [0.1, 0.15) is 22.8 Å². The fourth-order valence-electron chi connectivity index (χ4n) is 1.82. The Morgan fingerprint density at radius 1 is 1.23 bits per heavy atom. The third-order valence-corrected chi connectivity index (χ3v) is 3.99. The lowest BCUT2D eigenvalue weighted by atomic mass is 10.2. The number of carbonyl (C=O) groups excluding carboxylic acids is 1. The summed E-state index contributed by atoms with van der Waals surface area (Å²) in [5, 5.41) is 11.2. The highest BCUT2D eigenvalue weighted by molar-refractivity contribution is 7.99. The second-order valence-electron chi connectivity index (χ2n) is 4.58. The molecule has 0 aliphatic rings. The van der Waals surface area contributed by atoms with Gasteiger partial charge in [0.25, 0.3) is 5.69 Å². The summed E-state index contributed by atoms with van der Waals surface area (Å²) in [4.78, 5) is 23.8. The first-order valence-corrected chi connectivity index (χ1v) is 7.53. The van der Waals surface area contributed by atoms with Gasteiger partial charge >= 0.3 is 5.97 Å². The summed E-state index contributed by atoms with van der Waals surface area (Å²) in [6, 6.07) is 12.1. The van der Waals surface area contributed by atoms with E-state index in [4.69, 9.17) is 4.74 Å². The molecule has 0 atom stereocenters. The SMILES string of the molecule is CCOC(=O)c1ccc(Sc2ccc(C)cc2)c([N+](=O)[O-])c1. The molecule has 0 fully saturated rings. The van der Waals surface area contributed by atoms with Gasteiger partial charge in [0, 0.05) is 11.0 Å². The second-order valence-corrected chi connectivity index (χ2v) is 5.69. The topological polar surface area (TPSA) is 69.4 Å². The molecule has 2 aromatic carbocycles. The van der Waals surface area contributed by atoms with E-state index < -0.39 is 10.9 Å². The van der Waals surface area contributed by atoms with Crippen LogP contribution in [0.25, 0.3) is 0 Å². The molecule has 0 aliphatic carbocycles. The summed E-state index contributed by atoms with van der Waals surface area (Å²) in [6.45, 7) is 3.89. The van der Waals surface area contributed by atoms with Crippen molar-refractivity contribution in [2.45, 2.75) is 23.6 Å². The number of carbonyl (C=O) groups is 1. The van der Waals surface area contributed by atoms with Gasteiger partial charge in [-0.1, -0.05) is 29.5 Å².